The first-order chi connectivity index (χ1) is 8.08. The SMILES string of the molecule is Cc1cccc(C(=O)Nn2c(C)ccc2C)c1. The van der Waals surface area contributed by atoms with Crippen LogP contribution in [0.25, 0.3) is 0 Å². The van der Waals surface area contributed by atoms with E-state index in [9.17, 15) is 4.79 Å². The van der Waals surface area contributed by atoms with Crippen LogP contribution in [0, 0.1) is 20.8 Å². The lowest BCUT2D eigenvalue weighted by Crippen LogP contribution is -2.24. The molecule has 0 spiro atoms. The zero-order valence-corrected chi connectivity index (χ0v) is 10.3. The minimum Gasteiger partial charge on any atom is -0.267 e. The molecule has 0 unspecified atom stereocenters. The Kier molecular flexibility index (Phi) is 3.00. The van der Waals surface area contributed by atoms with Gasteiger partial charge in [0.15, 0.2) is 0 Å². The Morgan fingerprint density at radius 3 is 2.29 bits per heavy atom. The standard InChI is InChI=1S/C14H16N2O/c1-10-5-4-6-13(9-10)14(17)15-16-11(2)7-8-12(16)3/h4-9H,1-3H3,(H,15,17). The van der Waals surface area contributed by atoms with Gasteiger partial charge in [0.05, 0.1) is 0 Å². The van der Waals surface area contributed by atoms with Crippen molar-refractivity contribution in [3.63, 3.8) is 0 Å². The predicted molar refractivity (Wildman–Crippen MR) is 68.8 cm³/mol. The molecule has 0 radical (unpaired) electrons. The van der Waals surface area contributed by atoms with Crippen LogP contribution in [0.2, 0.25) is 0 Å². The Balaban J connectivity index is 2.23. The third-order valence-corrected chi connectivity index (χ3v) is 2.76. The monoisotopic (exact) mass is 228 g/mol. The Morgan fingerprint density at radius 2 is 1.71 bits per heavy atom. The van der Waals surface area contributed by atoms with E-state index in [4.69, 9.17) is 0 Å². The van der Waals surface area contributed by atoms with E-state index in [1.54, 1.807) is 4.68 Å². The summed E-state index contributed by atoms with van der Waals surface area (Å²) in [4.78, 5) is 12.0. The van der Waals surface area contributed by atoms with E-state index < -0.39 is 0 Å². The first-order valence-electron chi connectivity index (χ1n) is 5.61. The molecule has 1 amide bonds. The Bertz CT molecular complexity index is 536. The summed E-state index contributed by atoms with van der Waals surface area (Å²) in [6.45, 7) is 5.90. The maximum Gasteiger partial charge on any atom is 0.270 e. The van der Waals surface area contributed by atoms with Gasteiger partial charge in [-0.15, -0.1) is 0 Å². The Labute approximate surface area is 101 Å². The topological polar surface area (TPSA) is 34.0 Å². The highest BCUT2D eigenvalue weighted by Crippen LogP contribution is 2.07. The van der Waals surface area contributed by atoms with Gasteiger partial charge in [-0.25, -0.2) is 0 Å². The van der Waals surface area contributed by atoms with Gasteiger partial charge in [-0.2, -0.15) is 0 Å². The quantitative estimate of drug-likeness (QED) is 0.842. The number of hydrogen-bond donors (Lipinski definition) is 1. The smallest absolute Gasteiger partial charge is 0.267 e. The fraction of sp³-hybridized carbons (Fsp3) is 0.214. The molecule has 2 aromatic rings. The van der Waals surface area contributed by atoms with Crippen molar-refractivity contribution in [3.05, 3.63) is 58.9 Å². The van der Waals surface area contributed by atoms with E-state index in [0.29, 0.717) is 5.56 Å². The van der Waals surface area contributed by atoms with Crippen LogP contribution in [0.3, 0.4) is 0 Å². The van der Waals surface area contributed by atoms with Gasteiger partial charge >= 0.3 is 0 Å². The molecule has 3 nitrogen and oxygen atoms in total. The van der Waals surface area contributed by atoms with Gasteiger partial charge in [0, 0.05) is 17.0 Å². The van der Waals surface area contributed by atoms with Crippen LogP contribution in [0.4, 0.5) is 0 Å². The van der Waals surface area contributed by atoms with Crippen LogP contribution in [0.1, 0.15) is 27.3 Å². The lowest BCUT2D eigenvalue weighted by Gasteiger charge is -2.11. The second kappa shape index (κ2) is 4.45. The fourth-order valence-electron chi connectivity index (χ4n) is 1.80. The number of amides is 1. The molecule has 1 heterocycles. The Morgan fingerprint density at radius 1 is 1.06 bits per heavy atom. The number of nitrogens with one attached hydrogen (secondary N) is 1. The molecular weight excluding hydrogens is 212 g/mol. The molecule has 0 saturated heterocycles. The third-order valence-electron chi connectivity index (χ3n) is 2.76. The number of aryl methyl sites for hydroxylation is 3. The molecule has 0 aliphatic heterocycles. The molecule has 0 aliphatic rings. The van der Waals surface area contributed by atoms with E-state index in [1.807, 2.05) is 57.2 Å². The maximum absolute atomic E-state index is 12.0. The summed E-state index contributed by atoms with van der Waals surface area (Å²) in [5.41, 5.74) is 6.67. The van der Waals surface area contributed by atoms with Crippen molar-refractivity contribution in [2.45, 2.75) is 20.8 Å². The average Bonchev–Trinajstić information content (AvgIpc) is 2.61. The van der Waals surface area contributed by atoms with Crippen molar-refractivity contribution in [1.82, 2.24) is 4.68 Å². The molecule has 1 aromatic heterocycles. The summed E-state index contributed by atoms with van der Waals surface area (Å²) in [5, 5.41) is 0. The van der Waals surface area contributed by atoms with Crippen LogP contribution in [-0.4, -0.2) is 10.6 Å². The van der Waals surface area contributed by atoms with Crippen LogP contribution in [0.15, 0.2) is 36.4 Å². The van der Waals surface area contributed by atoms with Crippen molar-refractivity contribution in [2.24, 2.45) is 0 Å². The molecule has 1 N–H and O–H groups in total. The number of carbonyl (C=O) groups excluding carboxylic acids is 1. The summed E-state index contributed by atoms with van der Waals surface area (Å²) in [5.74, 6) is -0.0869. The van der Waals surface area contributed by atoms with E-state index in [0.717, 1.165) is 17.0 Å². The van der Waals surface area contributed by atoms with E-state index in [-0.39, 0.29) is 5.91 Å². The Hall–Kier alpha value is -2.03. The van der Waals surface area contributed by atoms with Crippen molar-refractivity contribution in [1.29, 1.82) is 0 Å². The zero-order valence-electron chi connectivity index (χ0n) is 10.3. The minimum absolute atomic E-state index is 0.0869. The van der Waals surface area contributed by atoms with Gasteiger partial charge in [-0.1, -0.05) is 17.7 Å². The largest absolute Gasteiger partial charge is 0.270 e. The van der Waals surface area contributed by atoms with Crippen molar-refractivity contribution in [3.8, 4) is 0 Å². The van der Waals surface area contributed by atoms with Crippen molar-refractivity contribution >= 4 is 5.91 Å². The normalized spacial score (nSPS) is 10.3. The lowest BCUT2D eigenvalue weighted by atomic mass is 10.1. The van der Waals surface area contributed by atoms with Gasteiger partial charge < -0.3 is 0 Å². The highest BCUT2D eigenvalue weighted by Gasteiger charge is 2.08. The molecule has 0 aliphatic carbocycles. The second-order valence-corrected chi connectivity index (χ2v) is 4.26. The summed E-state index contributed by atoms with van der Waals surface area (Å²) in [6, 6.07) is 11.5. The van der Waals surface area contributed by atoms with Crippen molar-refractivity contribution < 1.29 is 4.79 Å². The fourth-order valence-corrected chi connectivity index (χ4v) is 1.80. The van der Waals surface area contributed by atoms with Gasteiger partial charge in [0.1, 0.15) is 0 Å². The minimum atomic E-state index is -0.0869. The molecule has 2 rings (SSSR count). The summed E-state index contributed by atoms with van der Waals surface area (Å²) < 4.78 is 1.80. The number of rotatable bonds is 2. The molecule has 3 heteroatoms. The highest BCUT2D eigenvalue weighted by atomic mass is 16.2. The van der Waals surface area contributed by atoms with Gasteiger partial charge in [-0.3, -0.25) is 14.9 Å². The number of benzene rings is 1. The predicted octanol–water partition coefficient (Wildman–Crippen LogP) is 2.80. The number of carbonyl (C=O) groups is 1. The van der Waals surface area contributed by atoms with Crippen LogP contribution >= 0.6 is 0 Å². The first-order valence-corrected chi connectivity index (χ1v) is 5.61. The molecule has 0 atom stereocenters. The molecule has 88 valence electrons. The number of aromatic nitrogens is 1. The summed E-state index contributed by atoms with van der Waals surface area (Å²) >= 11 is 0. The van der Waals surface area contributed by atoms with Crippen LogP contribution in [0.5, 0.6) is 0 Å². The lowest BCUT2D eigenvalue weighted by molar-refractivity contribution is 0.101. The van der Waals surface area contributed by atoms with Gasteiger partial charge in [0.25, 0.3) is 5.91 Å². The molecule has 1 aromatic carbocycles. The number of nitrogens with zero attached hydrogens (tertiary/aromatic N) is 1. The van der Waals surface area contributed by atoms with Gasteiger partial charge in [0.2, 0.25) is 0 Å². The molecule has 0 fully saturated rings. The molecule has 17 heavy (non-hydrogen) atoms. The van der Waals surface area contributed by atoms with Crippen LogP contribution < -0.4 is 5.43 Å². The average molecular weight is 228 g/mol. The second-order valence-electron chi connectivity index (χ2n) is 4.26. The first kappa shape index (κ1) is 11.5. The summed E-state index contributed by atoms with van der Waals surface area (Å²) in [7, 11) is 0. The van der Waals surface area contributed by atoms with Crippen molar-refractivity contribution in [2.75, 3.05) is 5.43 Å². The molecule has 0 bridgehead atoms. The highest BCUT2D eigenvalue weighted by molar-refractivity contribution is 6.00. The maximum atomic E-state index is 12.0. The summed E-state index contributed by atoms with van der Waals surface area (Å²) in [6.07, 6.45) is 0. The third kappa shape index (κ3) is 2.38. The molecule has 0 saturated carbocycles. The van der Waals surface area contributed by atoms with E-state index in [1.165, 1.54) is 0 Å². The van der Waals surface area contributed by atoms with E-state index >= 15 is 0 Å². The van der Waals surface area contributed by atoms with Crippen LogP contribution in [-0.2, 0) is 0 Å². The van der Waals surface area contributed by atoms with Gasteiger partial charge in [-0.05, 0) is 45.0 Å². The zero-order chi connectivity index (χ0) is 12.4. The molecular formula is C14H16N2O. The number of hydrogen-bond acceptors (Lipinski definition) is 1. The van der Waals surface area contributed by atoms with E-state index in [2.05, 4.69) is 5.43 Å².